The Morgan fingerprint density at radius 1 is 1.46 bits per heavy atom. The minimum Gasteiger partial charge on any atom is -0.478 e. The van der Waals surface area contributed by atoms with Gasteiger partial charge < -0.3 is 10.5 Å². The largest absolute Gasteiger partial charge is 0.478 e. The van der Waals surface area contributed by atoms with Crippen LogP contribution in [0.4, 0.5) is 0 Å². The van der Waals surface area contributed by atoms with Crippen molar-refractivity contribution in [1.82, 2.24) is 4.98 Å². The number of rotatable bonds is 4. The third kappa shape index (κ3) is 5.28. The molecule has 5 heteroatoms. The molecule has 13 heavy (non-hydrogen) atoms. The molecule has 0 aliphatic rings. The summed E-state index contributed by atoms with van der Waals surface area (Å²) in [5.41, 5.74) is 5.32. The van der Waals surface area contributed by atoms with Gasteiger partial charge >= 0.3 is 0 Å². The van der Waals surface area contributed by atoms with Crippen molar-refractivity contribution in [1.29, 1.82) is 0 Å². The fourth-order valence-corrected chi connectivity index (χ4v) is 1.03. The van der Waals surface area contributed by atoms with E-state index in [-0.39, 0.29) is 12.4 Å². The van der Waals surface area contributed by atoms with Gasteiger partial charge in [0.1, 0.15) is 0 Å². The van der Waals surface area contributed by atoms with Crippen LogP contribution in [0.1, 0.15) is 6.42 Å². The van der Waals surface area contributed by atoms with Crippen molar-refractivity contribution in [3.63, 3.8) is 0 Å². The van der Waals surface area contributed by atoms with Crippen LogP contribution in [0.3, 0.4) is 0 Å². The second kappa shape index (κ2) is 7.34. The zero-order chi connectivity index (χ0) is 8.81. The molecule has 0 aliphatic carbocycles. The minimum atomic E-state index is 0. The second-order valence-corrected chi connectivity index (χ2v) is 3.55. The van der Waals surface area contributed by atoms with E-state index in [0.717, 1.165) is 9.99 Å². The molecule has 2 N–H and O–H groups in total. The van der Waals surface area contributed by atoms with Crippen LogP contribution in [0, 0.1) is 3.57 Å². The Morgan fingerprint density at radius 3 is 2.77 bits per heavy atom. The summed E-state index contributed by atoms with van der Waals surface area (Å²) in [6.45, 7) is 1.30. The summed E-state index contributed by atoms with van der Waals surface area (Å²) in [5, 5.41) is 0. The first-order valence-corrected chi connectivity index (χ1v) is 4.85. The van der Waals surface area contributed by atoms with E-state index < -0.39 is 0 Å². The van der Waals surface area contributed by atoms with Crippen molar-refractivity contribution in [2.45, 2.75) is 6.42 Å². The summed E-state index contributed by atoms with van der Waals surface area (Å²) in [7, 11) is 0. The van der Waals surface area contributed by atoms with Crippen molar-refractivity contribution < 1.29 is 4.74 Å². The number of aromatic nitrogens is 1. The van der Waals surface area contributed by atoms with Crippen LogP contribution in [0.5, 0.6) is 5.88 Å². The molecule has 0 aromatic carbocycles. The molecule has 0 aliphatic heterocycles. The summed E-state index contributed by atoms with van der Waals surface area (Å²) in [4.78, 5) is 4.08. The molecule has 0 unspecified atom stereocenters. The molecule has 0 radical (unpaired) electrons. The highest BCUT2D eigenvalue weighted by atomic mass is 127. The van der Waals surface area contributed by atoms with Gasteiger partial charge in [0.2, 0.25) is 5.88 Å². The lowest BCUT2D eigenvalue weighted by Gasteiger charge is -2.02. The fourth-order valence-electron chi connectivity index (χ4n) is 0.708. The fraction of sp³-hybridized carbons (Fsp3) is 0.375. The summed E-state index contributed by atoms with van der Waals surface area (Å²) in [6, 6.07) is 3.82. The Kier molecular flexibility index (Phi) is 7.31. The quantitative estimate of drug-likeness (QED) is 0.681. The Hall–Kier alpha value is -0.0700. The van der Waals surface area contributed by atoms with Crippen LogP contribution in [-0.2, 0) is 0 Å². The predicted molar refractivity (Wildman–Crippen MR) is 63.4 cm³/mol. The highest BCUT2D eigenvalue weighted by molar-refractivity contribution is 14.1. The summed E-state index contributed by atoms with van der Waals surface area (Å²) in [5.74, 6) is 0.670. The van der Waals surface area contributed by atoms with Crippen molar-refractivity contribution in [3.05, 3.63) is 21.9 Å². The molecular formula is C8H12ClIN2O. The molecular weight excluding hydrogens is 302 g/mol. The number of pyridine rings is 1. The normalized spacial score (nSPS) is 9.08. The molecule has 0 amide bonds. The first-order chi connectivity index (χ1) is 5.83. The Labute approximate surface area is 97.6 Å². The Balaban J connectivity index is 0.00000144. The lowest BCUT2D eigenvalue weighted by molar-refractivity contribution is 0.301. The molecule has 0 spiro atoms. The van der Waals surface area contributed by atoms with Gasteiger partial charge in [-0.05, 0) is 41.6 Å². The highest BCUT2D eigenvalue weighted by Crippen LogP contribution is 2.08. The summed E-state index contributed by atoms with van der Waals surface area (Å²) in [6.07, 6.45) is 2.64. The summed E-state index contributed by atoms with van der Waals surface area (Å²) < 4.78 is 6.42. The number of hydrogen-bond donors (Lipinski definition) is 1. The number of hydrogen-bond acceptors (Lipinski definition) is 3. The third-order valence-electron chi connectivity index (χ3n) is 1.30. The number of nitrogens with zero attached hydrogens (tertiary/aromatic N) is 1. The van der Waals surface area contributed by atoms with E-state index >= 15 is 0 Å². The zero-order valence-corrected chi connectivity index (χ0v) is 10.0. The van der Waals surface area contributed by atoms with Gasteiger partial charge in [-0.3, -0.25) is 0 Å². The van der Waals surface area contributed by atoms with E-state index in [1.807, 2.05) is 12.1 Å². The molecule has 0 atom stereocenters. The van der Waals surface area contributed by atoms with Gasteiger partial charge in [-0.2, -0.15) is 0 Å². The molecule has 74 valence electrons. The van der Waals surface area contributed by atoms with Gasteiger partial charge in [0.25, 0.3) is 0 Å². The van der Waals surface area contributed by atoms with Crippen molar-refractivity contribution in [2.24, 2.45) is 5.73 Å². The smallest absolute Gasteiger partial charge is 0.213 e. The Morgan fingerprint density at radius 2 is 2.23 bits per heavy atom. The maximum absolute atomic E-state index is 5.32. The predicted octanol–water partition coefficient (Wildman–Crippen LogP) is 1.84. The van der Waals surface area contributed by atoms with Crippen LogP contribution in [-0.4, -0.2) is 18.1 Å². The summed E-state index contributed by atoms with van der Waals surface area (Å²) >= 11 is 2.20. The first-order valence-electron chi connectivity index (χ1n) is 3.77. The standard InChI is InChI=1S/C8H11IN2O.ClH/c9-7-2-3-8(11-6-7)12-5-1-4-10;/h2-3,6H,1,4-5,10H2;1H. The first kappa shape index (κ1) is 12.9. The van der Waals surface area contributed by atoms with E-state index in [4.69, 9.17) is 10.5 Å². The maximum Gasteiger partial charge on any atom is 0.213 e. The van der Waals surface area contributed by atoms with Gasteiger partial charge in [-0.1, -0.05) is 0 Å². The molecule has 0 fully saturated rings. The van der Waals surface area contributed by atoms with Crippen molar-refractivity contribution in [2.75, 3.05) is 13.2 Å². The molecule has 1 aromatic heterocycles. The van der Waals surface area contributed by atoms with Crippen LogP contribution >= 0.6 is 35.0 Å². The minimum absolute atomic E-state index is 0. The van der Waals surface area contributed by atoms with Gasteiger partial charge in [0.15, 0.2) is 0 Å². The van der Waals surface area contributed by atoms with Crippen LogP contribution in [0.15, 0.2) is 18.3 Å². The topological polar surface area (TPSA) is 48.1 Å². The molecule has 1 heterocycles. The van der Waals surface area contributed by atoms with Gasteiger partial charge in [0.05, 0.1) is 6.61 Å². The lowest BCUT2D eigenvalue weighted by Crippen LogP contribution is -2.06. The van der Waals surface area contributed by atoms with Crippen LogP contribution in [0.25, 0.3) is 0 Å². The van der Waals surface area contributed by atoms with E-state index in [1.165, 1.54) is 0 Å². The second-order valence-electron chi connectivity index (χ2n) is 2.31. The number of ether oxygens (including phenoxy) is 1. The van der Waals surface area contributed by atoms with Gasteiger partial charge in [0, 0.05) is 15.8 Å². The van der Waals surface area contributed by atoms with E-state index in [0.29, 0.717) is 19.0 Å². The number of halogens is 2. The molecule has 3 nitrogen and oxygen atoms in total. The molecule has 0 saturated carbocycles. The van der Waals surface area contributed by atoms with Crippen LogP contribution in [0.2, 0.25) is 0 Å². The third-order valence-corrected chi connectivity index (χ3v) is 1.94. The molecule has 1 aromatic rings. The van der Waals surface area contributed by atoms with Gasteiger partial charge in [-0.25, -0.2) is 4.98 Å². The average Bonchev–Trinajstić information content (AvgIpc) is 2.09. The zero-order valence-electron chi connectivity index (χ0n) is 7.07. The van der Waals surface area contributed by atoms with E-state index in [9.17, 15) is 0 Å². The van der Waals surface area contributed by atoms with Gasteiger partial charge in [-0.15, -0.1) is 12.4 Å². The van der Waals surface area contributed by atoms with E-state index in [2.05, 4.69) is 27.6 Å². The van der Waals surface area contributed by atoms with Crippen molar-refractivity contribution in [3.8, 4) is 5.88 Å². The SMILES string of the molecule is Cl.NCCCOc1ccc(I)cn1. The molecule has 1 rings (SSSR count). The van der Waals surface area contributed by atoms with Crippen LogP contribution < -0.4 is 10.5 Å². The number of nitrogens with two attached hydrogens (primary N) is 1. The highest BCUT2D eigenvalue weighted by Gasteiger charge is 1.93. The maximum atomic E-state index is 5.32. The average molecular weight is 315 g/mol. The lowest BCUT2D eigenvalue weighted by atomic mass is 10.4. The van der Waals surface area contributed by atoms with E-state index in [1.54, 1.807) is 6.20 Å². The Bertz CT molecular complexity index is 230. The van der Waals surface area contributed by atoms with Crippen molar-refractivity contribution >= 4 is 35.0 Å². The monoisotopic (exact) mass is 314 g/mol. The molecule has 0 saturated heterocycles. The molecule has 0 bridgehead atoms.